The summed E-state index contributed by atoms with van der Waals surface area (Å²) in [7, 11) is 0. The van der Waals surface area contributed by atoms with Crippen molar-refractivity contribution in [1.29, 1.82) is 0 Å². The SMILES string of the molecule is C=C(C=O)CNc1ccc(NC2CCCCC2)c(-c2ncccn2)c1. The highest BCUT2D eigenvalue weighted by molar-refractivity contribution is 5.78. The minimum atomic E-state index is 0.425. The van der Waals surface area contributed by atoms with Crippen molar-refractivity contribution in [3.8, 4) is 11.4 Å². The van der Waals surface area contributed by atoms with E-state index in [9.17, 15) is 4.79 Å². The number of benzene rings is 1. The lowest BCUT2D eigenvalue weighted by Gasteiger charge is -2.25. The smallest absolute Gasteiger partial charge is 0.161 e. The molecule has 0 saturated heterocycles. The van der Waals surface area contributed by atoms with Crippen LogP contribution in [0, 0.1) is 0 Å². The third kappa shape index (κ3) is 4.66. The lowest BCUT2D eigenvalue weighted by molar-refractivity contribution is -0.104. The van der Waals surface area contributed by atoms with E-state index in [2.05, 4.69) is 33.2 Å². The molecule has 130 valence electrons. The van der Waals surface area contributed by atoms with Gasteiger partial charge in [0.05, 0.1) is 0 Å². The molecule has 2 N–H and O–H groups in total. The molecule has 25 heavy (non-hydrogen) atoms. The lowest BCUT2D eigenvalue weighted by Crippen LogP contribution is -2.22. The summed E-state index contributed by atoms with van der Waals surface area (Å²) in [6, 6.07) is 8.42. The number of nitrogens with zero attached hydrogens (tertiary/aromatic N) is 2. The molecule has 1 aromatic carbocycles. The van der Waals surface area contributed by atoms with E-state index in [1.165, 1.54) is 32.1 Å². The third-order valence-corrected chi connectivity index (χ3v) is 4.48. The number of rotatable bonds is 7. The van der Waals surface area contributed by atoms with Gasteiger partial charge in [-0.05, 0) is 37.1 Å². The number of carbonyl (C=O) groups excluding carboxylic acids is 1. The Morgan fingerprint density at radius 2 is 1.96 bits per heavy atom. The Balaban J connectivity index is 1.85. The number of anilines is 2. The van der Waals surface area contributed by atoms with Crippen LogP contribution >= 0.6 is 0 Å². The topological polar surface area (TPSA) is 66.9 Å². The van der Waals surface area contributed by atoms with E-state index in [1.54, 1.807) is 12.4 Å². The zero-order valence-electron chi connectivity index (χ0n) is 14.4. The van der Waals surface area contributed by atoms with Gasteiger partial charge in [-0.15, -0.1) is 0 Å². The second kappa shape index (κ2) is 8.42. The molecule has 0 radical (unpaired) electrons. The molecular formula is C20H24N4O. The fourth-order valence-corrected chi connectivity index (χ4v) is 3.13. The third-order valence-electron chi connectivity index (χ3n) is 4.48. The summed E-state index contributed by atoms with van der Waals surface area (Å²) < 4.78 is 0. The molecule has 0 unspecified atom stereocenters. The Kier molecular flexibility index (Phi) is 5.77. The minimum absolute atomic E-state index is 0.425. The molecular weight excluding hydrogens is 312 g/mol. The van der Waals surface area contributed by atoms with Gasteiger partial charge in [0.1, 0.15) is 6.29 Å². The fourth-order valence-electron chi connectivity index (χ4n) is 3.13. The summed E-state index contributed by atoms with van der Waals surface area (Å²) in [6.07, 6.45) is 10.6. The van der Waals surface area contributed by atoms with Crippen LogP contribution in [-0.4, -0.2) is 28.8 Å². The highest BCUT2D eigenvalue weighted by Crippen LogP contribution is 2.31. The van der Waals surface area contributed by atoms with Crippen molar-refractivity contribution in [2.24, 2.45) is 0 Å². The van der Waals surface area contributed by atoms with Crippen LogP contribution in [0.5, 0.6) is 0 Å². The molecule has 1 saturated carbocycles. The van der Waals surface area contributed by atoms with Crippen molar-refractivity contribution < 1.29 is 4.79 Å². The molecule has 0 atom stereocenters. The number of nitrogens with one attached hydrogen (secondary N) is 2. The zero-order chi connectivity index (χ0) is 17.5. The molecule has 0 bridgehead atoms. The molecule has 3 rings (SSSR count). The maximum atomic E-state index is 10.7. The molecule has 5 nitrogen and oxygen atoms in total. The average molecular weight is 336 g/mol. The van der Waals surface area contributed by atoms with Crippen LogP contribution in [0.3, 0.4) is 0 Å². The highest BCUT2D eigenvalue weighted by atomic mass is 16.1. The Morgan fingerprint density at radius 1 is 1.20 bits per heavy atom. The van der Waals surface area contributed by atoms with Crippen molar-refractivity contribution in [2.45, 2.75) is 38.1 Å². The molecule has 2 aromatic rings. The molecule has 1 aliphatic carbocycles. The predicted octanol–water partition coefficient (Wildman–Crippen LogP) is 4.06. The highest BCUT2D eigenvalue weighted by Gasteiger charge is 2.16. The summed E-state index contributed by atoms with van der Waals surface area (Å²) >= 11 is 0. The summed E-state index contributed by atoms with van der Waals surface area (Å²) in [5.41, 5.74) is 3.45. The van der Waals surface area contributed by atoms with Gasteiger partial charge in [-0.2, -0.15) is 0 Å². The number of aromatic nitrogens is 2. The number of aldehydes is 1. The summed E-state index contributed by atoms with van der Waals surface area (Å²) in [4.78, 5) is 19.5. The molecule has 0 amide bonds. The van der Waals surface area contributed by atoms with Crippen LogP contribution in [0.1, 0.15) is 32.1 Å². The van der Waals surface area contributed by atoms with Crippen molar-refractivity contribution >= 4 is 17.7 Å². The lowest BCUT2D eigenvalue weighted by atomic mass is 9.95. The van der Waals surface area contributed by atoms with E-state index >= 15 is 0 Å². The van der Waals surface area contributed by atoms with Gasteiger partial charge in [0.2, 0.25) is 0 Å². The maximum absolute atomic E-state index is 10.7. The van der Waals surface area contributed by atoms with E-state index in [0.717, 1.165) is 23.2 Å². The summed E-state index contributed by atoms with van der Waals surface area (Å²) in [6.45, 7) is 4.12. The monoisotopic (exact) mass is 336 g/mol. The summed E-state index contributed by atoms with van der Waals surface area (Å²) in [5.74, 6) is 0.693. The van der Waals surface area contributed by atoms with Crippen LogP contribution in [-0.2, 0) is 4.79 Å². The Bertz CT molecular complexity index is 724. The Labute approximate surface area is 148 Å². The first kappa shape index (κ1) is 17.1. The van der Waals surface area contributed by atoms with Gasteiger partial charge in [0, 0.05) is 47.5 Å². The molecule has 1 aromatic heterocycles. The van der Waals surface area contributed by atoms with Gasteiger partial charge in [0.25, 0.3) is 0 Å². The number of hydrogen-bond donors (Lipinski definition) is 2. The van der Waals surface area contributed by atoms with Crippen molar-refractivity contribution in [3.63, 3.8) is 0 Å². The first-order chi connectivity index (χ1) is 12.3. The van der Waals surface area contributed by atoms with Crippen LogP contribution in [0.25, 0.3) is 11.4 Å². The Hall–Kier alpha value is -2.69. The molecule has 1 fully saturated rings. The van der Waals surface area contributed by atoms with Gasteiger partial charge in [0.15, 0.2) is 5.82 Å². The van der Waals surface area contributed by atoms with E-state index in [0.29, 0.717) is 24.0 Å². The van der Waals surface area contributed by atoms with Crippen molar-refractivity contribution in [1.82, 2.24) is 9.97 Å². The fraction of sp³-hybridized carbons (Fsp3) is 0.350. The quantitative estimate of drug-likeness (QED) is 0.590. The van der Waals surface area contributed by atoms with Gasteiger partial charge in [-0.3, -0.25) is 4.79 Å². The second-order valence-corrected chi connectivity index (χ2v) is 6.44. The summed E-state index contributed by atoms with van der Waals surface area (Å²) in [5, 5.41) is 6.89. The maximum Gasteiger partial charge on any atom is 0.161 e. The van der Waals surface area contributed by atoms with E-state index in [-0.39, 0.29) is 0 Å². The van der Waals surface area contributed by atoms with Gasteiger partial charge < -0.3 is 10.6 Å². The van der Waals surface area contributed by atoms with Crippen LogP contribution < -0.4 is 10.6 Å². The first-order valence-electron chi connectivity index (χ1n) is 8.81. The van der Waals surface area contributed by atoms with Crippen LogP contribution in [0.2, 0.25) is 0 Å². The van der Waals surface area contributed by atoms with Crippen LogP contribution in [0.15, 0.2) is 48.8 Å². The Morgan fingerprint density at radius 3 is 2.68 bits per heavy atom. The van der Waals surface area contributed by atoms with Gasteiger partial charge in [-0.1, -0.05) is 25.8 Å². The van der Waals surface area contributed by atoms with Crippen molar-refractivity contribution in [2.75, 3.05) is 17.2 Å². The van der Waals surface area contributed by atoms with E-state index < -0.39 is 0 Å². The van der Waals surface area contributed by atoms with E-state index in [4.69, 9.17) is 0 Å². The number of carbonyl (C=O) groups is 1. The minimum Gasteiger partial charge on any atom is -0.382 e. The normalized spacial score (nSPS) is 14.7. The van der Waals surface area contributed by atoms with Crippen LogP contribution in [0.4, 0.5) is 11.4 Å². The zero-order valence-corrected chi connectivity index (χ0v) is 14.4. The number of hydrogen-bond acceptors (Lipinski definition) is 5. The largest absolute Gasteiger partial charge is 0.382 e. The van der Waals surface area contributed by atoms with E-state index in [1.807, 2.05) is 18.2 Å². The molecule has 5 heteroatoms. The molecule has 1 aliphatic rings. The second-order valence-electron chi connectivity index (χ2n) is 6.44. The average Bonchev–Trinajstić information content (AvgIpc) is 2.68. The van der Waals surface area contributed by atoms with Gasteiger partial charge >= 0.3 is 0 Å². The molecule has 0 spiro atoms. The first-order valence-corrected chi connectivity index (χ1v) is 8.81. The molecule has 1 heterocycles. The standard InChI is InChI=1S/C20H24N4O/c1-15(14-25)13-23-17-8-9-19(24-16-6-3-2-4-7-16)18(12-17)20-21-10-5-11-22-20/h5,8-12,14,16,23-24H,1-4,6-7,13H2. The van der Waals surface area contributed by atoms with Gasteiger partial charge in [-0.25, -0.2) is 9.97 Å². The van der Waals surface area contributed by atoms with Crippen molar-refractivity contribution in [3.05, 3.63) is 48.8 Å². The molecule has 0 aliphatic heterocycles. The predicted molar refractivity (Wildman–Crippen MR) is 102 cm³/mol.